The SMILES string of the molecule is CC/C=C\C/C=C\C/C=C\C/C=C\C/C=C\CCCCCC(=O)OCC(COC(=O)CCC/C=C\C/C=C\C/C=C\C/C=C\CCCCC)OC(=O)CCCCCCC/C=C\C=C/CCCCCCCCC. The second kappa shape index (κ2) is 59.1. The van der Waals surface area contributed by atoms with Crippen molar-refractivity contribution in [3.8, 4) is 0 Å². The molecule has 0 saturated carbocycles. The average Bonchev–Trinajstić information content (AvgIpc) is 3.38. The van der Waals surface area contributed by atoms with Gasteiger partial charge in [-0.1, -0.05) is 231 Å². The summed E-state index contributed by atoms with van der Waals surface area (Å²) in [6, 6.07) is 0. The zero-order valence-corrected chi connectivity index (χ0v) is 46.4. The topological polar surface area (TPSA) is 78.9 Å². The molecule has 0 heterocycles. The van der Waals surface area contributed by atoms with Gasteiger partial charge in [-0.3, -0.25) is 14.4 Å². The highest BCUT2D eigenvalue weighted by Crippen LogP contribution is 2.13. The van der Waals surface area contributed by atoms with Gasteiger partial charge in [-0.05, 0) is 128 Å². The van der Waals surface area contributed by atoms with Gasteiger partial charge < -0.3 is 14.2 Å². The standard InChI is InChI=1S/C66H106O6/c1-4-7-10-13-16-19-22-25-28-31-33-36-38-41-44-47-50-53-56-59-65(68)71-62-63(61-70-64(67)58-55-52-49-46-43-40-37-34-30-27-24-21-18-15-12-9-6-3)72-66(69)60-57-54-51-48-45-42-39-35-32-29-26-23-20-17-14-11-8-5-2/h7,10,16,18-19,21,25,27-30,32-33,35-37,39-41,44,46,49,63H,4-6,8-9,11-15,17,20,22-24,26,31,34,38,42-43,45,47-48,50-62H2,1-3H3/b10-7-,19-16-,21-18-,28-25-,30-27-,32-29-,36-33-,39-35-,40-37-,44-41-,49-46-. The molecular formula is C66H106O6. The third kappa shape index (κ3) is 56.5. The quantitative estimate of drug-likeness (QED) is 0.0199. The summed E-state index contributed by atoms with van der Waals surface area (Å²) in [7, 11) is 0. The van der Waals surface area contributed by atoms with E-state index >= 15 is 0 Å². The summed E-state index contributed by atoms with van der Waals surface area (Å²) in [5.74, 6) is -1.03. The lowest BCUT2D eigenvalue weighted by atomic mass is 10.1. The molecule has 0 amide bonds. The Kier molecular flexibility index (Phi) is 55.5. The van der Waals surface area contributed by atoms with Crippen LogP contribution in [-0.2, 0) is 28.6 Å². The van der Waals surface area contributed by atoms with Crippen molar-refractivity contribution >= 4 is 17.9 Å². The summed E-state index contributed by atoms with van der Waals surface area (Å²) in [4.78, 5) is 38.2. The zero-order chi connectivity index (χ0) is 52.2. The molecule has 0 bridgehead atoms. The highest BCUT2D eigenvalue weighted by atomic mass is 16.6. The maximum absolute atomic E-state index is 12.9. The highest BCUT2D eigenvalue weighted by Gasteiger charge is 2.19. The third-order valence-electron chi connectivity index (χ3n) is 11.9. The van der Waals surface area contributed by atoms with E-state index in [9.17, 15) is 14.4 Å². The maximum atomic E-state index is 12.9. The molecule has 6 nitrogen and oxygen atoms in total. The van der Waals surface area contributed by atoms with Crippen LogP contribution in [0.15, 0.2) is 134 Å². The molecule has 0 aliphatic rings. The summed E-state index contributed by atoms with van der Waals surface area (Å²) in [6.07, 6.45) is 83.0. The Bertz CT molecular complexity index is 1560. The normalized spacial score (nSPS) is 13.1. The highest BCUT2D eigenvalue weighted by molar-refractivity contribution is 5.71. The van der Waals surface area contributed by atoms with Crippen molar-refractivity contribution in [2.75, 3.05) is 13.2 Å². The zero-order valence-electron chi connectivity index (χ0n) is 46.4. The molecule has 0 aromatic rings. The lowest BCUT2D eigenvalue weighted by molar-refractivity contribution is -0.167. The van der Waals surface area contributed by atoms with Crippen molar-refractivity contribution in [3.05, 3.63) is 134 Å². The van der Waals surface area contributed by atoms with E-state index in [1.54, 1.807) is 0 Å². The van der Waals surface area contributed by atoms with E-state index in [2.05, 4.69) is 154 Å². The first-order valence-corrected chi connectivity index (χ1v) is 29.2. The first-order valence-electron chi connectivity index (χ1n) is 29.2. The maximum Gasteiger partial charge on any atom is 0.306 e. The van der Waals surface area contributed by atoms with Crippen molar-refractivity contribution in [1.82, 2.24) is 0 Å². The predicted molar refractivity (Wildman–Crippen MR) is 311 cm³/mol. The van der Waals surface area contributed by atoms with Crippen LogP contribution >= 0.6 is 0 Å². The van der Waals surface area contributed by atoms with Crippen LogP contribution in [-0.4, -0.2) is 37.2 Å². The van der Waals surface area contributed by atoms with Crippen LogP contribution in [0.3, 0.4) is 0 Å². The van der Waals surface area contributed by atoms with Crippen LogP contribution in [0, 0.1) is 0 Å². The second-order valence-corrected chi connectivity index (χ2v) is 18.8. The van der Waals surface area contributed by atoms with Gasteiger partial charge in [-0.25, -0.2) is 0 Å². The van der Waals surface area contributed by atoms with Crippen LogP contribution in [0.5, 0.6) is 0 Å². The molecule has 0 N–H and O–H groups in total. The molecule has 0 fully saturated rings. The van der Waals surface area contributed by atoms with E-state index in [1.165, 1.54) is 77.0 Å². The van der Waals surface area contributed by atoms with Gasteiger partial charge in [0, 0.05) is 19.3 Å². The molecule has 0 aromatic carbocycles. The van der Waals surface area contributed by atoms with Crippen LogP contribution in [0.1, 0.15) is 245 Å². The average molecular weight is 996 g/mol. The fourth-order valence-electron chi connectivity index (χ4n) is 7.51. The van der Waals surface area contributed by atoms with Gasteiger partial charge in [0.2, 0.25) is 0 Å². The lowest BCUT2D eigenvalue weighted by Gasteiger charge is -2.18. The molecule has 0 radical (unpaired) electrons. The molecule has 0 aliphatic heterocycles. The summed E-state index contributed by atoms with van der Waals surface area (Å²) >= 11 is 0. The number of esters is 3. The number of carbonyl (C=O) groups is 3. The monoisotopic (exact) mass is 995 g/mol. The van der Waals surface area contributed by atoms with Gasteiger partial charge >= 0.3 is 17.9 Å². The molecule has 72 heavy (non-hydrogen) atoms. The van der Waals surface area contributed by atoms with Crippen molar-refractivity contribution in [1.29, 1.82) is 0 Å². The number of hydrogen-bond acceptors (Lipinski definition) is 6. The number of allylic oxidation sites excluding steroid dienone is 22. The molecule has 1 unspecified atom stereocenters. The van der Waals surface area contributed by atoms with Gasteiger partial charge in [-0.15, -0.1) is 0 Å². The lowest BCUT2D eigenvalue weighted by Crippen LogP contribution is -2.30. The molecule has 0 aliphatic carbocycles. The largest absolute Gasteiger partial charge is 0.462 e. The number of carbonyl (C=O) groups excluding carboxylic acids is 3. The first-order chi connectivity index (χ1) is 35.5. The van der Waals surface area contributed by atoms with E-state index in [0.29, 0.717) is 12.8 Å². The molecule has 406 valence electrons. The molecule has 0 rings (SSSR count). The Morgan fingerprint density at radius 2 is 0.597 bits per heavy atom. The van der Waals surface area contributed by atoms with Gasteiger partial charge in [0.15, 0.2) is 6.10 Å². The predicted octanol–water partition coefficient (Wildman–Crippen LogP) is 19.8. The van der Waals surface area contributed by atoms with Crippen molar-refractivity contribution in [3.63, 3.8) is 0 Å². The Morgan fingerprint density at radius 1 is 0.306 bits per heavy atom. The van der Waals surface area contributed by atoms with Crippen LogP contribution in [0.4, 0.5) is 0 Å². The minimum atomic E-state index is -0.828. The fraction of sp³-hybridized carbons (Fsp3) is 0.621. The summed E-state index contributed by atoms with van der Waals surface area (Å²) in [5, 5.41) is 0. The van der Waals surface area contributed by atoms with Crippen molar-refractivity contribution in [2.45, 2.75) is 252 Å². The van der Waals surface area contributed by atoms with Crippen LogP contribution in [0.25, 0.3) is 0 Å². The Hall–Kier alpha value is -4.45. The number of ether oxygens (including phenoxy) is 3. The molecule has 1 atom stereocenters. The van der Waals surface area contributed by atoms with Crippen LogP contribution in [0.2, 0.25) is 0 Å². The van der Waals surface area contributed by atoms with Gasteiger partial charge in [0.05, 0.1) is 0 Å². The minimum absolute atomic E-state index is 0.123. The third-order valence-corrected chi connectivity index (χ3v) is 11.9. The number of rotatable bonds is 51. The number of unbranched alkanes of at least 4 members (excludes halogenated alkanes) is 19. The Balaban J connectivity index is 4.58. The summed E-state index contributed by atoms with van der Waals surface area (Å²) in [6.45, 7) is 6.40. The Labute approximate surface area is 443 Å². The number of hydrogen-bond donors (Lipinski definition) is 0. The molecular weight excluding hydrogens is 889 g/mol. The van der Waals surface area contributed by atoms with E-state index < -0.39 is 6.10 Å². The first kappa shape index (κ1) is 67.5. The van der Waals surface area contributed by atoms with Gasteiger partial charge in [0.25, 0.3) is 0 Å². The summed E-state index contributed by atoms with van der Waals surface area (Å²) in [5.41, 5.74) is 0. The van der Waals surface area contributed by atoms with Crippen molar-refractivity contribution in [2.24, 2.45) is 0 Å². The van der Waals surface area contributed by atoms with Gasteiger partial charge in [0.1, 0.15) is 13.2 Å². The second-order valence-electron chi connectivity index (χ2n) is 18.8. The van der Waals surface area contributed by atoms with Crippen LogP contribution < -0.4 is 0 Å². The molecule has 0 saturated heterocycles. The fourth-order valence-corrected chi connectivity index (χ4v) is 7.51. The minimum Gasteiger partial charge on any atom is -0.462 e. The Morgan fingerprint density at radius 3 is 1.03 bits per heavy atom. The molecule has 0 aromatic heterocycles. The van der Waals surface area contributed by atoms with Gasteiger partial charge in [-0.2, -0.15) is 0 Å². The smallest absolute Gasteiger partial charge is 0.306 e. The van der Waals surface area contributed by atoms with E-state index in [4.69, 9.17) is 14.2 Å². The molecule has 6 heteroatoms. The van der Waals surface area contributed by atoms with Crippen molar-refractivity contribution < 1.29 is 28.6 Å². The van der Waals surface area contributed by atoms with E-state index in [1.807, 2.05) is 0 Å². The summed E-state index contributed by atoms with van der Waals surface area (Å²) < 4.78 is 16.8. The van der Waals surface area contributed by atoms with E-state index in [0.717, 1.165) is 122 Å². The molecule has 0 spiro atoms. The van der Waals surface area contributed by atoms with E-state index in [-0.39, 0.29) is 44.0 Å².